The van der Waals surface area contributed by atoms with Crippen molar-refractivity contribution in [2.45, 2.75) is 19.8 Å². The van der Waals surface area contributed by atoms with Gasteiger partial charge in [-0.2, -0.15) is 11.8 Å². The fourth-order valence-corrected chi connectivity index (χ4v) is 3.37. The lowest BCUT2D eigenvalue weighted by molar-refractivity contribution is 0.0946. The number of aryl methyl sites for hydroxylation is 1. The molecule has 1 amide bonds. The molecule has 0 aliphatic carbocycles. The number of benzene rings is 1. The Kier molecular flexibility index (Phi) is 6.52. The van der Waals surface area contributed by atoms with Gasteiger partial charge in [-0.3, -0.25) is 4.79 Å². The number of nitrogens with two attached hydrogens (primary N) is 1. The van der Waals surface area contributed by atoms with Gasteiger partial charge < -0.3 is 11.1 Å². The lowest BCUT2D eigenvalue weighted by Crippen LogP contribution is -2.31. The van der Waals surface area contributed by atoms with Crippen molar-refractivity contribution >= 4 is 35.8 Å². The predicted molar refractivity (Wildman–Crippen MR) is 85.2 cm³/mol. The Morgan fingerprint density at radius 3 is 2.79 bits per heavy atom. The highest BCUT2D eigenvalue weighted by Crippen LogP contribution is 2.22. The third kappa shape index (κ3) is 4.62. The van der Waals surface area contributed by atoms with Crippen molar-refractivity contribution in [3.05, 3.63) is 29.3 Å². The molecule has 1 heterocycles. The number of anilines is 1. The van der Waals surface area contributed by atoms with Crippen LogP contribution in [0.3, 0.4) is 0 Å². The maximum atomic E-state index is 12.1. The summed E-state index contributed by atoms with van der Waals surface area (Å²) in [5.74, 6) is 3.07. The van der Waals surface area contributed by atoms with Crippen molar-refractivity contribution in [3.8, 4) is 0 Å². The van der Waals surface area contributed by atoms with Crippen LogP contribution in [0.5, 0.6) is 0 Å². The van der Waals surface area contributed by atoms with Gasteiger partial charge >= 0.3 is 0 Å². The molecule has 1 saturated heterocycles. The average molecular weight is 301 g/mol. The van der Waals surface area contributed by atoms with Crippen LogP contribution in [0.2, 0.25) is 0 Å². The van der Waals surface area contributed by atoms with Crippen LogP contribution in [-0.2, 0) is 0 Å². The van der Waals surface area contributed by atoms with E-state index in [9.17, 15) is 4.79 Å². The number of thioether (sulfide) groups is 1. The van der Waals surface area contributed by atoms with Gasteiger partial charge in [-0.15, -0.1) is 12.4 Å². The zero-order chi connectivity index (χ0) is 13.0. The second-order valence-electron chi connectivity index (χ2n) is 4.84. The Bertz CT molecular complexity index is 433. The topological polar surface area (TPSA) is 55.1 Å². The van der Waals surface area contributed by atoms with Crippen molar-refractivity contribution in [3.63, 3.8) is 0 Å². The van der Waals surface area contributed by atoms with Crippen molar-refractivity contribution in [1.82, 2.24) is 5.32 Å². The van der Waals surface area contributed by atoms with E-state index in [1.165, 1.54) is 24.3 Å². The monoisotopic (exact) mass is 300 g/mol. The van der Waals surface area contributed by atoms with Gasteiger partial charge in [0.15, 0.2) is 0 Å². The van der Waals surface area contributed by atoms with E-state index in [2.05, 4.69) is 5.32 Å². The first-order valence-corrected chi connectivity index (χ1v) is 7.54. The van der Waals surface area contributed by atoms with Crippen LogP contribution in [0, 0.1) is 12.8 Å². The lowest BCUT2D eigenvalue weighted by Gasteiger charge is -2.21. The van der Waals surface area contributed by atoms with Crippen molar-refractivity contribution in [1.29, 1.82) is 0 Å². The molecule has 0 bridgehead atoms. The van der Waals surface area contributed by atoms with Crippen LogP contribution in [0.1, 0.15) is 28.8 Å². The standard InChI is InChI=1S/C14H20N2OS.ClH/c1-10-2-3-12(15)8-13(10)14(17)16-9-11-4-6-18-7-5-11;/h2-3,8,11H,4-7,9,15H2,1H3,(H,16,17);1H. The number of hydrogen-bond donors (Lipinski definition) is 2. The molecule has 1 fully saturated rings. The van der Waals surface area contributed by atoms with E-state index in [1.807, 2.05) is 30.8 Å². The van der Waals surface area contributed by atoms with E-state index in [-0.39, 0.29) is 18.3 Å². The summed E-state index contributed by atoms with van der Waals surface area (Å²) in [6.07, 6.45) is 2.42. The first-order chi connectivity index (χ1) is 8.66. The van der Waals surface area contributed by atoms with Crippen LogP contribution < -0.4 is 11.1 Å². The summed E-state index contributed by atoms with van der Waals surface area (Å²) >= 11 is 2.00. The molecule has 1 aliphatic rings. The highest BCUT2D eigenvalue weighted by atomic mass is 35.5. The number of nitrogens with one attached hydrogen (secondary N) is 1. The SMILES string of the molecule is Cc1ccc(N)cc1C(=O)NCC1CCSCC1.Cl. The van der Waals surface area contributed by atoms with E-state index in [1.54, 1.807) is 6.07 Å². The zero-order valence-electron chi connectivity index (χ0n) is 11.1. The molecule has 19 heavy (non-hydrogen) atoms. The highest BCUT2D eigenvalue weighted by Gasteiger charge is 2.16. The molecular weight excluding hydrogens is 280 g/mol. The molecule has 3 N–H and O–H groups in total. The molecule has 0 spiro atoms. The number of hydrogen-bond acceptors (Lipinski definition) is 3. The Morgan fingerprint density at radius 1 is 1.42 bits per heavy atom. The molecule has 2 rings (SSSR count). The van der Waals surface area contributed by atoms with Gasteiger partial charge in [0.05, 0.1) is 0 Å². The molecule has 0 atom stereocenters. The predicted octanol–water partition coefficient (Wildman–Crippen LogP) is 2.87. The van der Waals surface area contributed by atoms with E-state index in [4.69, 9.17) is 5.73 Å². The number of rotatable bonds is 3. The lowest BCUT2D eigenvalue weighted by atomic mass is 10.0. The zero-order valence-corrected chi connectivity index (χ0v) is 12.8. The molecular formula is C14H21ClN2OS. The third-order valence-electron chi connectivity index (χ3n) is 3.40. The minimum Gasteiger partial charge on any atom is -0.399 e. The van der Waals surface area contributed by atoms with Gasteiger partial charge in [-0.25, -0.2) is 0 Å². The first kappa shape index (κ1) is 16.2. The van der Waals surface area contributed by atoms with Gasteiger partial charge in [0.1, 0.15) is 0 Å². The summed E-state index contributed by atoms with van der Waals surface area (Å²) in [4.78, 5) is 12.1. The van der Waals surface area contributed by atoms with Crippen LogP contribution in [0.15, 0.2) is 18.2 Å². The van der Waals surface area contributed by atoms with Crippen molar-refractivity contribution < 1.29 is 4.79 Å². The quantitative estimate of drug-likeness (QED) is 0.844. The Balaban J connectivity index is 0.00000180. The summed E-state index contributed by atoms with van der Waals surface area (Å²) in [6.45, 7) is 2.72. The molecule has 3 nitrogen and oxygen atoms in total. The van der Waals surface area contributed by atoms with Gasteiger partial charge in [0.2, 0.25) is 0 Å². The summed E-state index contributed by atoms with van der Waals surface area (Å²) in [7, 11) is 0. The number of halogens is 1. The number of carbonyl (C=O) groups is 1. The molecule has 1 aromatic carbocycles. The van der Waals surface area contributed by atoms with Crippen LogP contribution in [0.4, 0.5) is 5.69 Å². The highest BCUT2D eigenvalue weighted by molar-refractivity contribution is 7.99. The Labute approximate surface area is 125 Å². The van der Waals surface area contributed by atoms with E-state index < -0.39 is 0 Å². The summed E-state index contributed by atoms with van der Waals surface area (Å²) in [6, 6.07) is 5.47. The minimum absolute atomic E-state index is 0. The minimum atomic E-state index is -0.00183. The molecule has 0 unspecified atom stereocenters. The largest absolute Gasteiger partial charge is 0.399 e. The second-order valence-corrected chi connectivity index (χ2v) is 6.06. The van der Waals surface area contributed by atoms with Gasteiger partial charge in [0.25, 0.3) is 5.91 Å². The normalized spacial score (nSPS) is 15.6. The summed E-state index contributed by atoms with van der Waals surface area (Å²) in [5, 5.41) is 3.03. The van der Waals surface area contributed by atoms with Crippen LogP contribution in [-0.4, -0.2) is 24.0 Å². The molecule has 0 aromatic heterocycles. The number of amides is 1. The van der Waals surface area contributed by atoms with Crippen LogP contribution in [0.25, 0.3) is 0 Å². The fourth-order valence-electron chi connectivity index (χ4n) is 2.17. The number of carbonyl (C=O) groups excluding carboxylic acids is 1. The molecule has 0 radical (unpaired) electrons. The molecule has 106 valence electrons. The molecule has 1 aliphatic heterocycles. The molecule has 1 aromatic rings. The fraction of sp³-hybridized carbons (Fsp3) is 0.500. The smallest absolute Gasteiger partial charge is 0.251 e. The average Bonchev–Trinajstić information content (AvgIpc) is 2.40. The summed E-state index contributed by atoms with van der Waals surface area (Å²) < 4.78 is 0. The van der Waals surface area contributed by atoms with Crippen molar-refractivity contribution in [2.75, 3.05) is 23.8 Å². The second kappa shape index (κ2) is 7.65. The van der Waals surface area contributed by atoms with Gasteiger partial charge in [-0.05, 0) is 54.9 Å². The van der Waals surface area contributed by atoms with Crippen molar-refractivity contribution in [2.24, 2.45) is 5.92 Å². The van der Waals surface area contributed by atoms with E-state index in [0.29, 0.717) is 17.2 Å². The van der Waals surface area contributed by atoms with E-state index >= 15 is 0 Å². The Hall–Kier alpha value is -0.870. The molecule has 5 heteroatoms. The summed E-state index contributed by atoms with van der Waals surface area (Å²) in [5.41, 5.74) is 8.03. The Morgan fingerprint density at radius 2 is 2.11 bits per heavy atom. The number of nitrogen functional groups attached to an aromatic ring is 1. The molecule has 0 saturated carbocycles. The first-order valence-electron chi connectivity index (χ1n) is 6.39. The maximum absolute atomic E-state index is 12.1. The maximum Gasteiger partial charge on any atom is 0.251 e. The van der Waals surface area contributed by atoms with Gasteiger partial charge in [0, 0.05) is 17.8 Å². The van der Waals surface area contributed by atoms with Gasteiger partial charge in [-0.1, -0.05) is 6.07 Å². The van der Waals surface area contributed by atoms with E-state index in [0.717, 1.165) is 12.1 Å². The third-order valence-corrected chi connectivity index (χ3v) is 4.45. The van der Waals surface area contributed by atoms with Crippen LogP contribution >= 0.6 is 24.2 Å².